The van der Waals surface area contributed by atoms with E-state index in [4.69, 9.17) is 0 Å². The molecule has 31 heavy (non-hydrogen) atoms. The van der Waals surface area contributed by atoms with Gasteiger partial charge in [-0.05, 0) is 36.8 Å². The Hall–Kier alpha value is -2.75. The summed E-state index contributed by atoms with van der Waals surface area (Å²) in [6.45, 7) is 3.56. The fourth-order valence-electron chi connectivity index (χ4n) is 3.64. The summed E-state index contributed by atoms with van der Waals surface area (Å²) in [5, 5.41) is 0. The lowest BCUT2D eigenvalue weighted by Crippen LogP contribution is -2.50. The van der Waals surface area contributed by atoms with E-state index >= 15 is 0 Å². The van der Waals surface area contributed by atoms with Crippen molar-refractivity contribution < 1.29 is 13.2 Å². The zero-order chi connectivity index (χ0) is 22.0. The maximum absolute atomic E-state index is 13.1. The molecule has 0 atom stereocenters. The molecule has 0 bridgehead atoms. The number of carbonyl (C=O) groups excluding carboxylic acids is 1. The van der Waals surface area contributed by atoms with E-state index in [1.54, 1.807) is 33.7 Å². The van der Waals surface area contributed by atoms with Crippen LogP contribution in [0.1, 0.15) is 12.5 Å². The number of rotatable bonds is 5. The van der Waals surface area contributed by atoms with Crippen molar-refractivity contribution >= 4 is 43.6 Å². The van der Waals surface area contributed by atoms with Crippen molar-refractivity contribution in [1.82, 2.24) is 13.8 Å². The van der Waals surface area contributed by atoms with Crippen molar-refractivity contribution in [2.45, 2.75) is 18.4 Å². The maximum Gasteiger partial charge on any atom is 0.308 e. The van der Waals surface area contributed by atoms with Crippen LogP contribution >= 0.6 is 11.3 Å². The smallest absolute Gasteiger partial charge is 0.308 e. The number of hydrogen-bond donors (Lipinski definition) is 0. The third-order valence-electron chi connectivity index (χ3n) is 5.36. The molecule has 0 spiro atoms. The van der Waals surface area contributed by atoms with Crippen LogP contribution in [-0.4, -0.2) is 54.3 Å². The SMILES string of the molecule is CCn1c(=O)sc2cc(S(=O)(=O)N3CCN(C(=O)C=Cc4ccccc4)CC3)ccc21. The second-order valence-electron chi connectivity index (χ2n) is 7.22. The minimum Gasteiger partial charge on any atom is -0.337 e. The molecule has 3 aromatic rings. The first-order valence-corrected chi connectivity index (χ1v) is 12.3. The molecule has 1 fully saturated rings. The Morgan fingerprint density at radius 1 is 1.06 bits per heavy atom. The molecule has 0 unspecified atom stereocenters. The average Bonchev–Trinajstić information content (AvgIpc) is 3.12. The molecule has 162 valence electrons. The van der Waals surface area contributed by atoms with Gasteiger partial charge in [0.05, 0.1) is 15.1 Å². The van der Waals surface area contributed by atoms with Crippen molar-refractivity contribution in [2.75, 3.05) is 26.2 Å². The van der Waals surface area contributed by atoms with Crippen LogP contribution < -0.4 is 4.87 Å². The van der Waals surface area contributed by atoms with Gasteiger partial charge in [0.2, 0.25) is 15.9 Å². The standard InChI is InChI=1S/C22H23N3O4S2/c1-2-25-19-10-9-18(16-20(19)30-22(25)27)31(28,29)24-14-12-23(13-15-24)21(26)11-8-17-6-4-3-5-7-17/h3-11,16H,2,12-15H2,1H3. The van der Waals surface area contributed by atoms with Crippen molar-refractivity contribution in [3.8, 4) is 0 Å². The molecule has 0 saturated carbocycles. The normalized spacial score (nSPS) is 15.7. The summed E-state index contributed by atoms with van der Waals surface area (Å²) in [6.07, 6.45) is 3.28. The van der Waals surface area contributed by atoms with Crippen LogP contribution in [0.5, 0.6) is 0 Å². The largest absolute Gasteiger partial charge is 0.337 e. The molecule has 0 radical (unpaired) electrons. The molecular weight excluding hydrogens is 434 g/mol. The van der Waals surface area contributed by atoms with Crippen LogP contribution in [0.2, 0.25) is 0 Å². The van der Waals surface area contributed by atoms with E-state index in [1.165, 1.54) is 10.4 Å². The number of hydrogen-bond acceptors (Lipinski definition) is 5. The van der Waals surface area contributed by atoms with E-state index in [0.29, 0.717) is 24.3 Å². The fourth-order valence-corrected chi connectivity index (χ4v) is 6.16. The van der Waals surface area contributed by atoms with Gasteiger partial charge in [-0.15, -0.1) is 0 Å². The third kappa shape index (κ3) is 4.34. The van der Waals surface area contributed by atoms with Gasteiger partial charge in [-0.25, -0.2) is 8.42 Å². The summed E-state index contributed by atoms with van der Waals surface area (Å²) in [5.74, 6) is -0.131. The van der Waals surface area contributed by atoms with Crippen LogP contribution in [0, 0.1) is 0 Å². The number of benzene rings is 2. The van der Waals surface area contributed by atoms with E-state index in [2.05, 4.69) is 0 Å². The number of piperazine rings is 1. The number of sulfonamides is 1. The zero-order valence-electron chi connectivity index (χ0n) is 17.1. The number of aryl methyl sites for hydroxylation is 1. The van der Waals surface area contributed by atoms with E-state index in [1.807, 2.05) is 37.3 Å². The number of amides is 1. The minimum absolute atomic E-state index is 0.0947. The molecule has 1 aliphatic rings. The van der Waals surface area contributed by atoms with Gasteiger partial charge in [0, 0.05) is 38.8 Å². The molecule has 4 rings (SSSR count). The highest BCUT2D eigenvalue weighted by Gasteiger charge is 2.30. The first kappa shape index (κ1) is 21.5. The number of nitrogens with zero attached hydrogens (tertiary/aromatic N) is 3. The monoisotopic (exact) mass is 457 g/mol. The highest BCUT2D eigenvalue weighted by Crippen LogP contribution is 2.24. The molecule has 0 aliphatic carbocycles. The van der Waals surface area contributed by atoms with E-state index in [-0.39, 0.29) is 28.8 Å². The second kappa shape index (κ2) is 8.78. The molecule has 1 aliphatic heterocycles. The van der Waals surface area contributed by atoms with E-state index in [9.17, 15) is 18.0 Å². The molecule has 1 amide bonds. The topological polar surface area (TPSA) is 79.7 Å². The predicted molar refractivity (Wildman–Crippen MR) is 123 cm³/mol. The number of carbonyl (C=O) groups is 1. The van der Waals surface area contributed by atoms with Gasteiger partial charge in [0.1, 0.15) is 0 Å². The summed E-state index contributed by atoms with van der Waals surface area (Å²) in [7, 11) is -3.70. The Labute approximate surface area is 184 Å². The Kier molecular flexibility index (Phi) is 6.08. The van der Waals surface area contributed by atoms with E-state index in [0.717, 1.165) is 22.4 Å². The average molecular weight is 458 g/mol. The first-order chi connectivity index (χ1) is 14.9. The van der Waals surface area contributed by atoms with Crippen molar-refractivity contribution in [3.63, 3.8) is 0 Å². The molecule has 7 nitrogen and oxygen atoms in total. The summed E-state index contributed by atoms with van der Waals surface area (Å²) >= 11 is 1.05. The van der Waals surface area contributed by atoms with Gasteiger partial charge >= 0.3 is 4.87 Å². The molecule has 1 aromatic heterocycles. The Morgan fingerprint density at radius 3 is 2.45 bits per heavy atom. The Balaban J connectivity index is 1.45. The zero-order valence-corrected chi connectivity index (χ0v) is 18.7. The van der Waals surface area contributed by atoms with Crippen molar-refractivity contribution in [2.24, 2.45) is 0 Å². The van der Waals surface area contributed by atoms with Gasteiger partial charge in [-0.3, -0.25) is 14.2 Å². The van der Waals surface area contributed by atoms with Crippen molar-refractivity contribution in [1.29, 1.82) is 0 Å². The van der Waals surface area contributed by atoms with Gasteiger partial charge in [0.25, 0.3) is 0 Å². The lowest BCUT2D eigenvalue weighted by molar-refractivity contribution is -0.127. The molecule has 0 N–H and O–H groups in total. The summed E-state index contributed by atoms with van der Waals surface area (Å²) in [6, 6.07) is 14.4. The molecule has 1 saturated heterocycles. The van der Waals surface area contributed by atoms with Gasteiger partial charge in [0.15, 0.2) is 0 Å². The highest BCUT2D eigenvalue weighted by atomic mass is 32.2. The summed E-state index contributed by atoms with van der Waals surface area (Å²) in [5.41, 5.74) is 1.68. The highest BCUT2D eigenvalue weighted by molar-refractivity contribution is 7.89. The molecule has 9 heteroatoms. The molecule has 2 heterocycles. The third-order valence-corrected chi connectivity index (χ3v) is 8.20. The Bertz CT molecular complexity index is 1290. The molecular formula is C22H23N3O4S2. The van der Waals surface area contributed by atoms with Crippen LogP contribution in [0.4, 0.5) is 0 Å². The van der Waals surface area contributed by atoms with Crippen LogP contribution in [0.15, 0.2) is 64.3 Å². The lowest BCUT2D eigenvalue weighted by atomic mass is 10.2. The van der Waals surface area contributed by atoms with Gasteiger partial charge < -0.3 is 4.90 Å². The van der Waals surface area contributed by atoms with Gasteiger partial charge in [-0.1, -0.05) is 41.7 Å². The van der Waals surface area contributed by atoms with Crippen LogP contribution in [-0.2, 0) is 21.4 Å². The van der Waals surface area contributed by atoms with Crippen molar-refractivity contribution in [3.05, 3.63) is 69.8 Å². The quantitative estimate of drug-likeness (QED) is 0.552. The maximum atomic E-state index is 13.1. The predicted octanol–water partition coefficient (Wildman–Crippen LogP) is 2.63. The summed E-state index contributed by atoms with van der Waals surface area (Å²) < 4.78 is 29.9. The summed E-state index contributed by atoms with van der Waals surface area (Å²) in [4.78, 5) is 26.2. The molecule has 2 aromatic carbocycles. The minimum atomic E-state index is -3.70. The Morgan fingerprint density at radius 2 is 1.77 bits per heavy atom. The second-order valence-corrected chi connectivity index (χ2v) is 10.1. The van der Waals surface area contributed by atoms with Crippen LogP contribution in [0.3, 0.4) is 0 Å². The lowest BCUT2D eigenvalue weighted by Gasteiger charge is -2.33. The van der Waals surface area contributed by atoms with Gasteiger partial charge in [-0.2, -0.15) is 4.31 Å². The van der Waals surface area contributed by atoms with Crippen LogP contribution in [0.25, 0.3) is 16.3 Å². The first-order valence-electron chi connectivity index (χ1n) is 10.1. The van der Waals surface area contributed by atoms with E-state index < -0.39 is 10.0 Å². The number of aromatic nitrogens is 1. The number of thiazole rings is 1. The number of fused-ring (bicyclic) bond motifs is 1. The fraction of sp³-hybridized carbons (Fsp3) is 0.273.